The number of nitrogens with zero attached hydrogens (tertiary/aromatic N) is 1. The fraction of sp³-hybridized carbons (Fsp3) is 0.900. The van der Waals surface area contributed by atoms with Crippen LogP contribution >= 0.6 is 12.2 Å². The molecular weight excluding hydrogens is 394 g/mol. The van der Waals surface area contributed by atoms with Crippen LogP contribution in [0.4, 0.5) is 4.79 Å². The highest BCUT2D eigenvalue weighted by molar-refractivity contribution is 7.80. The van der Waals surface area contributed by atoms with Crippen LogP contribution < -0.4 is 10.6 Å². The maximum Gasteiger partial charge on any atom is 0.412 e. The summed E-state index contributed by atoms with van der Waals surface area (Å²) in [6, 6.07) is -0.705. The number of aliphatic hydroxyl groups excluding tert-OH is 3. The van der Waals surface area contributed by atoms with Crippen molar-refractivity contribution in [2.45, 2.75) is 102 Å². The summed E-state index contributed by atoms with van der Waals surface area (Å²) < 4.78 is 4.95. The molecule has 2 aliphatic rings. The summed E-state index contributed by atoms with van der Waals surface area (Å²) in [6.45, 7) is 2.91. The molecule has 0 saturated carbocycles. The highest BCUT2D eigenvalue weighted by atomic mass is 32.1. The first-order valence-electron chi connectivity index (χ1n) is 11.0. The number of thiocarbonyl (C=S) groups is 1. The van der Waals surface area contributed by atoms with Gasteiger partial charge in [0, 0.05) is 6.54 Å². The van der Waals surface area contributed by atoms with Gasteiger partial charge in [0.15, 0.2) is 5.11 Å². The van der Waals surface area contributed by atoms with Crippen molar-refractivity contribution in [2.24, 2.45) is 0 Å². The number of nitrogens with one attached hydrogen (secondary N) is 2. The molecule has 5 N–H and O–H groups in total. The minimum absolute atomic E-state index is 0.0270. The van der Waals surface area contributed by atoms with Gasteiger partial charge in [0.2, 0.25) is 0 Å². The zero-order chi connectivity index (χ0) is 21.2. The van der Waals surface area contributed by atoms with E-state index in [0.29, 0.717) is 11.7 Å². The molecule has 0 aromatic carbocycles. The number of carbonyl (C=O) groups excluding carboxylic acids is 1. The zero-order valence-electron chi connectivity index (χ0n) is 17.4. The van der Waals surface area contributed by atoms with E-state index in [1.807, 2.05) is 0 Å². The number of rotatable bonds is 12. The number of piperidine rings is 1. The van der Waals surface area contributed by atoms with Crippen molar-refractivity contribution < 1.29 is 24.9 Å². The summed E-state index contributed by atoms with van der Waals surface area (Å²) in [5.74, 6) is 0. The van der Waals surface area contributed by atoms with E-state index in [1.165, 1.54) is 56.3 Å². The van der Waals surface area contributed by atoms with Gasteiger partial charge in [-0.15, -0.1) is 0 Å². The van der Waals surface area contributed by atoms with Crippen LogP contribution in [0.1, 0.15) is 71.1 Å². The molecule has 0 aliphatic carbocycles. The van der Waals surface area contributed by atoms with E-state index >= 15 is 0 Å². The second-order valence-electron chi connectivity index (χ2n) is 8.05. The second-order valence-corrected chi connectivity index (χ2v) is 8.46. The Balaban J connectivity index is 1.60. The molecule has 8 nitrogen and oxygen atoms in total. The highest BCUT2D eigenvalue weighted by Crippen LogP contribution is 2.28. The molecule has 2 rings (SSSR count). The van der Waals surface area contributed by atoms with Gasteiger partial charge in [0.25, 0.3) is 0 Å². The summed E-state index contributed by atoms with van der Waals surface area (Å²) in [4.78, 5) is 13.2. The Kier molecular flexibility index (Phi) is 10.4. The third-order valence-electron chi connectivity index (χ3n) is 5.76. The van der Waals surface area contributed by atoms with Crippen LogP contribution in [0.2, 0.25) is 0 Å². The van der Waals surface area contributed by atoms with Gasteiger partial charge in [-0.1, -0.05) is 64.7 Å². The molecule has 9 heteroatoms. The van der Waals surface area contributed by atoms with Gasteiger partial charge in [-0.2, -0.15) is 0 Å². The second kappa shape index (κ2) is 12.5. The summed E-state index contributed by atoms with van der Waals surface area (Å²) in [7, 11) is 0. The van der Waals surface area contributed by atoms with Crippen LogP contribution in [0.3, 0.4) is 0 Å². The monoisotopic (exact) mass is 431 g/mol. The predicted octanol–water partition coefficient (Wildman–Crippen LogP) is 1.61. The Bertz CT molecular complexity index is 524. The molecule has 0 spiro atoms. The molecule has 2 unspecified atom stereocenters. The van der Waals surface area contributed by atoms with Crippen molar-refractivity contribution in [1.29, 1.82) is 0 Å². The number of hydrogen-bond donors (Lipinski definition) is 5. The van der Waals surface area contributed by atoms with E-state index in [9.17, 15) is 20.1 Å². The van der Waals surface area contributed by atoms with Crippen LogP contribution in [0.5, 0.6) is 0 Å². The maximum atomic E-state index is 12.0. The van der Waals surface area contributed by atoms with Gasteiger partial charge in [-0.25, -0.2) is 4.79 Å². The molecule has 1 amide bonds. The lowest BCUT2D eigenvalue weighted by Crippen LogP contribution is -2.70. The maximum absolute atomic E-state index is 12.0. The van der Waals surface area contributed by atoms with Crippen molar-refractivity contribution in [3.05, 3.63) is 0 Å². The number of unbranched alkanes of at least 4 members (excludes halogenated alkanes) is 9. The van der Waals surface area contributed by atoms with E-state index in [1.54, 1.807) is 0 Å². The Morgan fingerprint density at radius 3 is 2.21 bits per heavy atom. The number of amides is 1. The van der Waals surface area contributed by atoms with Gasteiger partial charge in [-0.3, -0.25) is 4.90 Å². The van der Waals surface area contributed by atoms with Crippen LogP contribution in [-0.2, 0) is 4.74 Å². The number of hydrogen-bond acceptors (Lipinski definition) is 6. The number of ether oxygens (including phenoxy) is 1. The molecule has 0 aromatic rings. The molecule has 0 aromatic heterocycles. The van der Waals surface area contributed by atoms with Gasteiger partial charge in [0.05, 0.1) is 6.04 Å². The lowest BCUT2D eigenvalue weighted by molar-refractivity contribution is -0.144. The normalized spacial score (nSPS) is 28.8. The third-order valence-corrected chi connectivity index (χ3v) is 6.02. The first-order valence-corrected chi connectivity index (χ1v) is 11.4. The van der Waals surface area contributed by atoms with E-state index < -0.39 is 36.6 Å². The molecule has 0 radical (unpaired) electrons. The largest absolute Gasteiger partial charge is 0.447 e. The van der Waals surface area contributed by atoms with Gasteiger partial charge >= 0.3 is 6.09 Å². The SMILES string of the molecule is CCCCCCCCCCCCNC(=S)N[C@@H]1[C@@H](O)C(O)[C@H](O)C2COC(=O)N21. The smallest absolute Gasteiger partial charge is 0.412 e. The quantitative estimate of drug-likeness (QED) is 0.234. The number of carbonyl (C=O) groups is 1. The Hall–Kier alpha value is -1.16. The van der Waals surface area contributed by atoms with Crippen molar-refractivity contribution in [2.75, 3.05) is 13.2 Å². The van der Waals surface area contributed by atoms with Gasteiger partial charge < -0.3 is 30.7 Å². The molecule has 2 fully saturated rings. The minimum Gasteiger partial charge on any atom is -0.447 e. The molecule has 29 heavy (non-hydrogen) atoms. The van der Waals surface area contributed by atoms with E-state index in [2.05, 4.69) is 17.6 Å². The Morgan fingerprint density at radius 1 is 1.00 bits per heavy atom. The van der Waals surface area contributed by atoms with Crippen LogP contribution in [0.15, 0.2) is 0 Å². The van der Waals surface area contributed by atoms with Crippen molar-refractivity contribution >= 4 is 23.4 Å². The fourth-order valence-corrected chi connectivity index (χ4v) is 4.19. The molecule has 168 valence electrons. The molecule has 2 aliphatic heterocycles. The summed E-state index contributed by atoms with van der Waals surface area (Å²) in [6.07, 6.45) is 6.95. The summed E-state index contributed by atoms with van der Waals surface area (Å²) >= 11 is 5.27. The number of fused-ring (bicyclic) bond motifs is 1. The average Bonchev–Trinajstić information content (AvgIpc) is 3.09. The third kappa shape index (κ3) is 6.94. The minimum atomic E-state index is -1.38. The van der Waals surface area contributed by atoms with Crippen molar-refractivity contribution in [1.82, 2.24) is 15.5 Å². The van der Waals surface area contributed by atoms with Crippen molar-refractivity contribution in [3.8, 4) is 0 Å². The van der Waals surface area contributed by atoms with Crippen LogP contribution in [0, 0.1) is 0 Å². The van der Waals surface area contributed by atoms with Crippen molar-refractivity contribution in [3.63, 3.8) is 0 Å². The standard InChI is InChI=1S/C20H37N3O5S/c1-2-3-4-5-6-7-8-9-10-11-12-21-19(29)22-18-17(26)16(25)15(24)14-13-28-20(27)23(14)18/h14-18,24-26H,2-13H2,1H3,(H2,21,22,29)/t14?,15-,16?,17+,18+/m1/s1. The molecular formula is C20H37N3O5S. The number of aliphatic hydroxyl groups is 3. The van der Waals surface area contributed by atoms with Gasteiger partial charge in [-0.05, 0) is 18.6 Å². The van der Waals surface area contributed by atoms with E-state index in [0.717, 1.165) is 12.8 Å². The van der Waals surface area contributed by atoms with Crippen LogP contribution in [0.25, 0.3) is 0 Å². The fourth-order valence-electron chi connectivity index (χ4n) is 3.97. The summed E-state index contributed by atoms with van der Waals surface area (Å²) in [5.41, 5.74) is 0. The molecule has 2 heterocycles. The number of cyclic esters (lactones) is 1. The van der Waals surface area contributed by atoms with E-state index in [4.69, 9.17) is 17.0 Å². The summed E-state index contributed by atoms with van der Waals surface area (Å²) in [5, 5.41) is 36.6. The topological polar surface area (TPSA) is 114 Å². The molecule has 2 saturated heterocycles. The average molecular weight is 432 g/mol. The van der Waals surface area contributed by atoms with Gasteiger partial charge in [0.1, 0.15) is 31.1 Å². The zero-order valence-corrected chi connectivity index (χ0v) is 18.2. The molecule has 0 bridgehead atoms. The molecule has 5 atom stereocenters. The highest BCUT2D eigenvalue weighted by Gasteiger charge is 2.54. The lowest BCUT2D eigenvalue weighted by Gasteiger charge is -2.44. The lowest BCUT2D eigenvalue weighted by atomic mass is 9.93. The first-order chi connectivity index (χ1) is 14.0. The van der Waals surface area contributed by atoms with Crippen LogP contribution in [-0.4, -0.2) is 75.1 Å². The predicted molar refractivity (Wildman–Crippen MR) is 114 cm³/mol. The first kappa shape index (κ1) is 24.1. The van der Waals surface area contributed by atoms with E-state index in [-0.39, 0.29) is 6.61 Å². The Morgan fingerprint density at radius 2 is 1.59 bits per heavy atom. The Labute approximate surface area is 179 Å².